The van der Waals surface area contributed by atoms with Crippen LogP contribution in [0.2, 0.25) is 5.02 Å². The van der Waals surface area contributed by atoms with Crippen LogP contribution in [0.15, 0.2) is 26.9 Å². The van der Waals surface area contributed by atoms with Crippen LogP contribution in [0.5, 0.6) is 17.2 Å². The van der Waals surface area contributed by atoms with Crippen molar-refractivity contribution in [2.24, 2.45) is 10.9 Å². The summed E-state index contributed by atoms with van der Waals surface area (Å²) in [7, 11) is 2.81. The van der Waals surface area contributed by atoms with Gasteiger partial charge in [-0.1, -0.05) is 37.5 Å². The number of aliphatic hydroxyl groups is 1. The molecule has 34 heavy (non-hydrogen) atoms. The molecule has 1 N–H and O–H groups in total. The SMILES string of the molecule is COc1cc(OC)c2c(c1Cl)OC1(C2=O)C(O)=C(C=NCc2nc(C(C)C)no2)C(=O)CC1C. The highest BCUT2D eigenvalue weighted by molar-refractivity contribution is 6.35. The van der Waals surface area contributed by atoms with Crippen LogP contribution in [0.3, 0.4) is 0 Å². The summed E-state index contributed by atoms with van der Waals surface area (Å²) >= 11 is 6.42. The number of aromatic nitrogens is 2. The number of halogens is 1. The van der Waals surface area contributed by atoms with Gasteiger partial charge in [-0.15, -0.1) is 0 Å². The Morgan fingerprint density at radius 2 is 2.03 bits per heavy atom. The first-order valence-corrected chi connectivity index (χ1v) is 11.0. The van der Waals surface area contributed by atoms with E-state index in [4.69, 9.17) is 30.3 Å². The summed E-state index contributed by atoms with van der Waals surface area (Å²) in [5, 5.41) is 15.1. The Morgan fingerprint density at radius 1 is 1.32 bits per heavy atom. The number of fused-ring (bicyclic) bond motifs is 1. The number of aliphatic imine (C=N–C) groups is 1. The lowest BCUT2D eigenvalue weighted by atomic mass is 9.73. The zero-order valence-electron chi connectivity index (χ0n) is 19.3. The number of hydrogen-bond donors (Lipinski definition) is 1. The molecule has 10 nitrogen and oxygen atoms in total. The molecule has 0 saturated carbocycles. The molecule has 1 aromatic heterocycles. The average Bonchev–Trinajstić information content (AvgIpc) is 3.40. The predicted octanol–water partition coefficient (Wildman–Crippen LogP) is 3.87. The minimum Gasteiger partial charge on any atom is -0.507 e. The lowest BCUT2D eigenvalue weighted by Gasteiger charge is -2.36. The van der Waals surface area contributed by atoms with E-state index in [-0.39, 0.29) is 64.0 Å². The standard InChI is InChI=1S/C23H24ClN3O7/c1-10(2)22-26-16(34-27-22)9-25-8-12-13(28)6-11(3)23(20(12)29)21(30)17-14(31-4)7-15(32-5)18(24)19(17)33-23/h7-8,10-11,29H,6,9H2,1-5H3. The molecule has 0 saturated heterocycles. The molecule has 0 fully saturated rings. The third-order valence-electron chi connectivity index (χ3n) is 5.96. The quantitative estimate of drug-likeness (QED) is 0.600. The number of carbonyl (C=O) groups excluding carboxylic acids is 2. The molecule has 2 unspecified atom stereocenters. The number of carbonyl (C=O) groups is 2. The number of nitrogens with zero attached hydrogens (tertiary/aromatic N) is 3. The van der Waals surface area contributed by atoms with Crippen LogP contribution in [0, 0.1) is 5.92 Å². The van der Waals surface area contributed by atoms with E-state index in [0.717, 1.165) is 0 Å². The van der Waals surface area contributed by atoms with Crippen molar-refractivity contribution in [3.8, 4) is 17.2 Å². The van der Waals surface area contributed by atoms with E-state index >= 15 is 0 Å². The third kappa shape index (κ3) is 3.53. The zero-order chi connectivity index (χ0) is 24.8. The van der Waals surface area contributed by atoms with E-state index < -0.39 is 23.1 Å². The maximum atomic E-state index is 13.7. The number of ether oxygens (including phenoxy) is 3. The summed E-state index contributed by atoms with van der Waals surface area (Å²) in [6.07, 6.45) is 1.14. The fourth-order valence-corrected chi connectivity index (χ4v) is 4.36. The third-order valence-corrected chi connectivity index (χ3v) is 6.32. The molecule has 1 aromatic carbocycles. The minimum absolute atomic E-state index is 0.00177. The average molecular weight is 490 g/mol. The topological polar surface area (TPSA) is 133 Å². The number of allylic oxidation sites excluding steroid dienone is 1. The molecule has 2 atom stereocenters. The van der Waals surface area contributed by atoms with E-state index in [1.807, 2.05) is 13.8 Å². The molecule has 2 aliphatic rings. The van der Waals surface area contributed by atoms with Gasteiger partial charge in [-0.3, -0.25) is 14.6 Å². The van der Waals surface area contributed by atoms with Gasteiger partial charge >= 0.3 is 0 Å². The van der Waals surface area contributed by atoms with Crippen LogP contribution in [0.25, 0.3) is 0 Å². The number of methoxy groups -OCH3 is 2. The molecule has 1 spiro atoms. The highest BCUT2D eigenvalue weighted by atomic mass is 35.5. The van der Waals surface area contributed by atoms with Crippen molar-refractivity contribution in [2.45, 2.75) is 45.3 Å². The van der Waals surface area contributed by atoms with Gasteiger partial charge in [0.05, 0.1) is 19.8 Å². The van der Waals surface area contributed by atoms with Crippen molar-refractivity contribution >= 4 is 29.4 Å². The zero-order valence-corrected chi connectivity index (χ0v) is 20.1. The van der Waals surface area contributed by atoms with Crippen LogP contribution in [0.4, 0.5) is 0 Å². The lowest BCUT2D eigenvalue weighted by Crippen LogP contribution is -2.52. The first-order chi connectivity index (χ1) is 16.1. The number of Topliss-reactive ketones (excluding diaryl/α,β-unsaturated/α-hetero) is 2. The van der Waals surface area contributed by atoms with E-state index in [1.54, 1.807) is 6.92 Å². The Morgan fingerprint density at radius 3 is 2.65 bits per heavy atom. The number of benzene rings is 1. The summed E-state index contributed by atoms with van der Waals surface area (Å²) in [4.78, 5) is 34.8. The van der Waals surface area contributed by atoms with Crippen LogP contribution in [-0.2, 0) is 11.3 Å². The van der Waals surface area contributed by atoms with Crippen LogP contribution < -0.4 is 14.2 Å². The smallest absolute Gasteiger partial charge is 0.248 e. The van der Waals surface area contributed by atoms with Gasteiger partial charge in [-0.05, 0) is 0 Å². The predicted molar refractivity (Wildman–Crippen MR) is 121 cm³/mol. The summed E-state index contributed by atoms with van der Waals surface area (Å²) in [6.45, 7) is 5.50. The van der Waals surface area contributed by atoms with Gasteiger partial charge in [0.1, 0.15) is 28.6 Å². The Hall–Kier alpha value is -3.40. The first-order valence-electron chi connectivity index (χ1n) is 10.6. The molecule has 180 valence electrons. The van der Waals surface area contributed by atoms with Gasteiger partial charge < -0.3 is 23.8 Å². The fourth-order valence-electron chi connectivity index (χ4n) is 4.09. The second-order valence-corrected chi connectivity index (χ2v) is 8.81. The van der Waals surface area contributed by atoms with E-state index in [9.17, 15) is 14.7 Å². The second kappa shape index (κ2) is 8.75. The Balaban J connectivity index is 1.74. The molecule has 2 heterocycles. The number of ketones is 2. The van der Waals surface area contributed by atoms with Crippen molar-refractivity contribution in [3.63, 3.8) is 0 Å². The van der Waals surface area contributed by atoms with E-state index in [1.165, 1.54) is 26.5 Å². The molecule has 2 aromatic rings. The number of hydrogen-bond acceptors (Lipinski definition) is 10. The summed E-state index contributed by atoms with van der Waals surface area (Å²) in [5.74, 6) is -0.826. The Bertz CT molecular complexity index is 1230. The highest BCUT2D eigenvalue weighted by Crippen LogP contribution is 2.54. The summed E-state index contributed by atoms with van der Waals surface area (Å²) in [6, 6.07) is 1.47. The number of aliphatic hydroxyl groups excluding tert-OH is 1. The monoisotopic (exact) mass is 489 g/mol. The highest BCUT2D eigenvalue weighted by Gasteiger charge is 2.60. The maximum Gasteiger partial charge on any atom is 0.248 e. The Labute approximate surface area is 200 Å². The summed E-state index contributed by atoms with van der Waals surface area (Å²) in [5.41, 5.74) is -1.91. The van der Waals surface area contributed by atoms with Crippen molar-refractivity contribution < 1.29 is 33.4 Å². The first kappa shape index (κ1) is 23.7. The van der Waals surface area contributed by atoms with E-state index in [2.05, 4.69) is 15.1 Å². The van der Waals surface area contributed by atoms with Gasteiger partial charge in [-0.2, -0.15) is 4.98 Å². The lowest BCUT2D eigenvalue weighted by molar-refractivity contribution is -0.118. The molecular formula is C23H24ClN3O7. The van der Waals surface area contributed by atoms with Crippen molar-refractivity contribution in [1.82, 2.24) is 10.1 Å². The van der Waals surface area contributed by atoms with Gasteiger partial charge in [0.2, 0.25) is 17.3 Å². The van der Waals surface area contributed by atoms with E-state index in [0.29, 0.717) is 5.82 Å². The molecule has 11 heteroatoms. The molecule has 0 radical (unpaired) electrons. The van der Waals surface area contributed by atoms with Crippen molar-refractivity contribution in [2.75, 3.05) is 14.2 Å². The fraction of sp³-hybridized carbons (Fsp3) is 0.435. The van der Waals surface area contributed by atoms with Gasteiger partial charge in [-0.25, -0.2) is 0 Å². The molecule has 1 aliphatic carbocycles. The normalized spacial score (nSPS) is 22.1. The largest absolute Gasteiger partial charge is 0.507 e. The number of rotatable bonds is 6. The molecule has 1 aliphatic heterocycles. The molecule has 4 rings (SSSR count). The molecule has 0 bridgehead atoms. The molecule has 0 amide bonds. The van der Waals surface area contributed by atoms with Gasteiger partial charge in [0, 0.05) is 30.5 Å². The maximum absolute atomic E-state index is 13.7. The Kier molecular flexibility index (Phi) is 6.11. The van der Waals surface area contributed by atoms with Crippen LogP contribution in [-0.4, -0.2) is 52.8 Å². The second-order valence-electron chi connectivity index (χ2n) is 8.43. The van der Waals surface area contributed by atoms with Gasteiger partial charge in [0.25, 0.3) is 0 Å². The summed E-state index contributed by atoms with van der Waals surface area (Å²) < 4.78 is 21.8. The minimum atomic E-state index is -1.85. The van der Waals surface area contributed by atoms with Crippen LogP contribution >= 0.6 is 11.6 Å². The molecular weight excluding hydrogens is 466 g/mol. The van der Waals surface area contributed by atoms with Gasteiger partial charge in [0.15, 0.2) is 23.1 Å². The van der Waals surface area contributed by atoms with Crippen LogP contribution in [0.1, 0.15) is 55.2 Å². The van der Waals surface area contributed by atoms with Crippen molar-refractivity contribution in [1.29, 1.82) is 0 Å². The van der Waals surface area contributed by atoms with Crippen molar-refractivity contribution in [3.05, 3.63) is 39.7 Å².